The second-order valence-corrected chi connectivity index (χ2v) is 7.10. The van der Waals surface area contributed by atoms with Gasteiger partial charge in [-0.15, -0.1) is 0 Å². The predicted molar refractivity (Wildman–Crippen MR) is 107 cm³/mol. The highest BCUT2D eigenvalue weighted by atomic mass is 16.6. The fraction of sp³-hybridized carbons (Fsp3) is 0.500. The highest BCUT2D eigenvalue weighted by Crippen LogP contribution is 2.35. The maximum absolute atomic E-state index is 12.3. The van der Waals surface area contributed by atoms with Crippen molar-refractivity contribution >= 4 is 17.8 Å². The van der Waals surface area contributed by atoms with Gasteiger partial charge >= 0.3 is 6.09 Å². The molecule has 2 atom stereocenters. The number of carbonyl (C=O) groups is 2. The first-order valence-electron chi connectivity index (χ1n) is 9.86. The maximum Gasteiger partial charge on any atom is 0.407 e. The summed E-state index contributed by atoms with van der Waals surface area (Å²) in [6.45, 7) is 2.61. The highest BCUT2D eigenvalue weighted by Gasteiger charge is 2.30. The number of hydrogen-bond acceptors (Lipinski definition) is 6. The second kappa shape index (κ2) is 9.90. The van der Waals surface area contributed by atoms with E-state index in [1.165, 1.54) is 7.11 Å². The normalized spacial score (nSPS) is 18.3. The van der Waals surface area contributed by atoms with Crippen LogP contribution in [0.25, 0.3) is 0 Å². The van der Waals surface area contributed by atoms with Gasteiger partial charge in [0, 0.05) is 36.5 Å². The molecule has 156 valence electrons. The number of anilines is 1. The Bertz CT molecular complexity index is 838. The number of aromatic nitrogens is 3. The van der Waals surface area contributed by atoms with E-state index in [0.29, 0.717) is 18.2 Å². The molecular weight excluding hydrogens is 374 g/mol. The number of H-pyrrole nitrogens is 1. The van der Waals surface area contributed by atoms with Crippen LogP contribution in [0, 0.1) is 0 Å². The number of ether oxygens (including phenoxy) is 2. The van der Waals surface area contributed by atoms with E-state index < -0.39 is 0 Å². The van der Waals surface area contributed by atoms with Gasteiger partial charge in [-0.2, -0.15) is 5.10 Å². The molecule has 29 heavy (non-hydrogen) atoms. The fourth-order valence-electron chi connectivity index (χ4n) is 3.40. The lowest BCUT2D eigenvalue weighted by Gasteiger charge is -2.12. The summed E-state index contributed by atoms with van der Waals surface area (Å²) in [4.78, 5) is 28.0. The summed E-state index contributed by atoms with van der Waals surface area (Å²) in [5, 5.41) is 12.7. The molecule has 9 heteroatoms. The lowest BCUT2D eigenvalue weighted by molar-refractivity contribution is -0.115. The first kappa shape index (κ1) is 20.6. The van der Waals surface area contributed by atoms with E-state index in [1.807, 2.05) is 13.0 Å². The average molecular weight is 401 g/mol. The molecule has 0 aliphatic heterocycles. The number of aromatic amines is 1. The van der Waals surface area contributed by atoms with Gasteiger partial charge in [-0.05, 0) is 37.3 Å². The number of rotatable bonds is 8. The third-order valence-corrected chi connectivity index (χ3v) is 4.86. The molecule has 2 heterocycles. The van der Waals surface area contributed by atoms with Crippen molar-refractivity contribution in [1.29, 1.82) is 0 Å². The highest BCUT2D eigenvalue weighted by molar-refractivity contribution is 5.91. The predicted octanol–water partition coefficient (Wildman–Crippen LogP) is 2.77. The van der Waals surface area contributed by atoms with E-state index in [9.17, 15) is 9.59 Å². The number of nitrogens with one attached hydrogen (secondary N) is 3. The number of methoxy groups -OCH3 is 1. The minimum Gasteiger partial charge on any atom is -0.481 e. The molecule has 3 rings (SSSR count). The quantitative estimate of drug-likeness (QED) is 0.626. The summed E-state index contributed by atoms with van der Waals surface area (Å²) in [6, 6.07) is 5.34. The molecule has 1 saturated carbocycles. The van der Waals surface area contributed by atoms with Crippen LogP contribution in [0.15, 0.2) is 24.4 Å². The van der Waals surface area contributed by atoms with E-state index in [1.54, 1.807) is 18.3 Å². The summed E-state index contributed by atoms with van der Waals surface area (Å²) in [5.74, 6) is 1.01. The maximum atomic E-state index is 12.3. The first-order chi connectivity index (χ1) is 14.1. The van der Waals surface area contributed by atoms with Crippen LogP contribution in [0.5, 0.6) is 5.88 Å². The zero-order chi connectivity index (χ0) is 20.6. The molecule has 2 amide bonds. The van der Waals surface area contributed by atoms with Crippen LogP contribution in [0.4, 0.5) is 10.6 Å². The molecule has 0 unspecified atom stereocenters. The van der Waals surface area contributed by atoms with Gasteiger partial charge < -0.3 is 20.1 Å². The number of carbonyl (C=O) groups excluding carboxylic acids is 2. The van der Waals surface area contributed by atoms with Crippen molar-refractivity contribution in [2.45, 2.75) is 51.0 Å². The Balaban J connectivity index is 1.49. The molecule has 1 aliphatic carbocycles. The van der Waals surface area contributed by atoms with Crippen molar-refractivity contribution in [3.05, 3.63) is 35.7 Å². The third kappa shape index (κ3) is 5.94. The van der Waals surface area contributed by atoms with Gasteiger partial charge in [-0.1, -0.05) is 6.92 Å². The van der Waals surface area contributed by atoms with Gasteiger partial charge in [0.1, 0.15) is 6.10 Å². The van der Waals surface area contributed by atoms with E-state index in [4.69, 9.17) is 9.47 Å². The minimum absolute atomic E-state index is 0.0973. The molecule has 0 aromatic carbocycles. The van der Waals surface area contributed by atoms with Gasteiger partial charge in [0.05, 0.1) is 13.5 Å². The SMILES string of the molecule is CCCNC(=O)O[C@@H]1CC[C@H](c2cc(NC(=O)Cc3ccnc(OC)c3)n[nH]2)C1. The fourth-order valence-corrected chi connectivity index (χ4v) is 3.40. The van der Waals surface area contributed by atoms with Crippen LogP contribution in [-0.2, 0) is 16.0 Å². The molecule has 2 aromatic rings. The van der Waals surface area contributed by atoms with Crippen molar-refractivity contribution in [3.8, 4) is 5.88 Å². The van der Waals surface area contributed by atoms with Crippen molar-refractivity contribution < 1.29 is 19.1 Å². The molecule has 0 radical (unpaired) electrons. The van der Waals surface area contributed by atoms with Crippen LogP contribution in [-0.4, -0.2) is 46.9 Å². The minimum atomic E-state index is -0.359. The Labute approximate surface area is 169 Å². The lowest BCUT2D eigenvalue weighted by atomic mass is 10.0. The Hall–Kier alpha value is -3.10. The molecule has 1 fully saturated rings. The van der Waals surface area contributed by atoms with Crippen LogP contribution in [0.2, 0.25) is 0 Å². The molecule has 2 aromatic heterocycles. The van der Waals surface area contributed by atoms with Crippen molar-refractivity contribution in [2.75, 3.05) is 19.0 Å². The third-order valence-electron chi connectivity index (χ3n) is 4.86. The van der Waals surface area contributed by atoms with Gasteiger partial charge in [0.15, 0.2) is 5.82 Å². The average Bonchev–Trinajstić information content (AvgIpc) is 3.36. The van der Waals surface area contributed by atoms with Crippen LogP contribution in [0.1, 0.15) is 49.8 Å². The van der Waals surface area contributed by atoms with Crippen LogP contribution >= 0.6 is 0 Å². The Kier molecular flexibility index (Phi) is 7.04. The number of alkyl carbamates (subject to hydrolysis) is 1. The van der Waals surface area contributed by atoms with Crippen LogP contribution < -0.4 is 15.4 Å². The Morgan fingerprint density at radius 3 is 2.97 bits per heavy atom. The van der Waals surface area contributed by atoms with E-state index >= 15 is 0 Å². The first-order valence-corrected chi connectivity index (χ1v) is 9.86. The number of amides is 2. The summed E-state index contributed by atoms with van der Waals surface area (Å²) in [7, 11) is 1.54. The molecule has 0 spiro atoms. The smallest absolute Gasteiger partial charge is 0.407 e. The van der Waals surface area contributed by atoms with E-state index in [0.717, 1.165) is 36.9 Å². The molecule has 3 N–H and O–H groups in total. The number of nitrogens with zero attached hydrogens (tertiary/aromatic N) is 2. The lowest BCUT2D eigenvalue weighted by Crippen LogP contribution is -2.28. The van der Waals surface area contributed by atoms with Gasteiger partial charge in [0.25, 0.3) is 0 Å². The second-order valence-electron chi connectivity index (χ2n) is 7.10. The standard InChI is InChI=1S/C20H27N5O4/c1-3-7-22-20(27)29-15-5-4-14(11-15)16-12-17(25-24-16)23-18(26)9-13-6-8-21-19(10-13)28-2/h6,8,10,12,14-15H,3-5,7,9,11H2,1-2H3,(H,22,27)(H2,23,24,25,26)/t14-,15+/m0/s1. The van der Waals surface area contributed by atoms with Crippen molar-refractivity contribution in [3.63, 3.8) is 0 Å². The van der Waals surface area contributed by atoms with Gasteiger partial charge in [-0.25, -0.2) is 9.78 Å². The zero-order valence-corrected chi connectivity index (χ0v) is 16.7. The van der Waals surface area contributed by atoms with Gasteiger partial charge in [0.2, 0.25) is 11.8 Å². The summed E-state index contributed by atoms with van der Waals surface area (Å²) < 4.78 is 10.5. The monoisotopic (exact) mass is 401 g/mol. The number of hydrogen-bond donors (Lipinski definition) is 3. The van der Waals surface area contributed by atoms with Crippen LogP contribution in [0.3, 0.4) is 0 Å². The summed E-state index contributed by atoms with van der Waals surface area (Å²) in [5.41, 5.74) is 1.74. The zero-order valence-electron chi connectivity index (χ0n) is 16.7. The molecule has 0 bridgehead atoms. The Morgan fingerprint density at radius 2 is 2.17 bits per heavy atom. The van der Waals surface area contributed by atoms with Crippen molar-refractivity contribution in [1.82, 2.24) is 20.5 Å². The molecular formula is C20H27N5O4. The van der Waals surface area contributed by atoms with Crippen molar-refractivity contribution in [2.24, 2.45) is 0 Å². The van der Waals surface area contributed by atoms with E-state index in [-0.39, 0.29) is 30.4 Å². The molecule has 1 aliphatic rings. The molecule has 9 nitrogen and oxygen atoms in total. The summed E-state index contributed by atoms with van der Waals surface area (Å²) >= 11 is 0. The number of pyridine rings is 1. The molecule has 0 saturated heterocycles. The summed E-state index contributed by atoms with van der Waals surface area (Å²) in [6.07, 6.45) is 4.68. The topological polar surface area (TPSA) is 118 Å². The van der Waals surface area contributed by atoms with E-state index in [2.05, 4.69) is 25.8 Å². The Morgan fingerprint density at radius 1 is 1.31 bits per heavy atom. The largest absolute Gasteiger partial charge is 0.481 e. The van der Waals surface area contributed by atoms with Gasteiger partial charge in [-0.3, -0.25) is 9.89 Å².